The molecule has 0 radical (unpaired) electrons. The zero-order valence-electron chi connectivity index (χ0n) is 9.74. The van der Waals surface area contributed by atoms with Crippen molar-refractivity contribution in [3.05, 3.63) is 55.1 Å². The topological polar surface area (TPSA) is 32.3 Å². The number of aromatic hydroxyl groups is 1. The average molecular weight is 217 g/mol. The fourth-order valence-corrected chi connectivity index (χ4v) is 1.80. The van der Waals surface area contributed by atoms with Crippen molar-refractivity contribution < 1.29 is 5.11 Å². The Morgan fingerprint density at radius 2 is 2.00 bits per heavy atom. The Morgan fingerprint density at radius 1 is 1.31 bits per heavy atom. The number of benzene rings is 1. The van der Waals surface area contributed by atoms with Gasteiger partial charge in [-0.25, -0.2) is 0 Å². The van der Waals surface area contributed by atoms with Crippen molar-refractivity contribution in [3.63, 3.8) is 0 Å². The smallest absolute Gasteiger partial charge is 0.120 e. The lowest BCUT2D eigenvalue weighted by Gasteiger charge is -2.30. The lowest BCUT2D eigenvalue weighted by Crippen LogP contribution is -2.39. The maximum atomic E-state index is 9.87. The third kappa shape index (κ3) is 2.74. The Morgan fingerprint density at radius 3 is 2.56 bits per heavy atom. The van der Waals surface area contributed by atoms with Crippen molar-refractivity contribution in [1.82, 2.24) is 5.32 Å². The van der Waals surface area contributed by atoms with Gasteiger partial charge in [0, 0.05) is 17.6 Å². The molecule has 0 aliphatic rings. The fraction of sp³-hybridized carbons (Fsp3) is 0.286. The molecule has 0 aliphatic heterocycles. The molecule has 16 heavy (non-hydrogen) atoms. The number of nitrogens with one attached hydrogen (secondary N) is 1. The van der Waals surface area contributed by atoms with Crippen LogP contribution in [0.15, 0.2) is 49.6 Å². The minimum atomic E-state index is -0.304. The third-order valence-electron chi connectivity index (χ3n) is 2.69. The van der Waals surface area contributed by atoms with Crippen LogP contribution in [0, 0.1) is 0 Å². The van der Waals surface area contributed by atoms with Gasteiger partial charge in [-0.15, -0.1) is 13.2 Å². The molecule has 0 heterocycles. The first-order chi connectivity index (χ1) is 7.64. The number of phenols is 1. The summed E-state index contributed by atoms with van der Waals surface area (Å²) in [6.45, 7) is 10.2. The highest BCUT2D eigenvalue weighted by atomic mass is 16.3. The summed E-state index contributed by atoms with van der Waals surface area (Å²) >= 11 is 0. The lowest BCUT2D eigenvalue weighted by molar-refractivity contribution is 0.363. The van der Waals surface area contributed by atoms with Crippen LogP contribution in [0.25, 0.3) is 0 Å². The van der Waals surface area contributed by atoms with Crippen molar-refractivity contribution in [1.29, 1.82) is 0 Å². The first-order valence-electron chi connectivity index (χ1n) is 5.39. The first kappa shape index (κ1) is 12.5. The maximum Gasteiger partial charge on any atom is 0.120 e. The van der Waals surface area contributed by atoms with E-state index < -0.39 is 0 Å². The number of hydrogen-bond donors (Lipinski definition) is 2. The van der Waals surface area contributed by atoms with Crippen LogP contribution in [-0.4, -0.2) is 11.7 Å². The van der Waals surface area contributed by atoms with Gasteiger partial charge in [0.05, 0.1) is 0 Å². The molecule has 0 fully saturated rings. The number of para-hydroxylation sites is 1. The molecule has 1 atom stereocenters. The van der Waals surface area contributed by atoms with E-state index in [1.54, 1.807) is 12.1 Å². The fourth-order valence-electron chi connectivity index (χ4n) is 1.80. The highest BCUT2D eigenvalue weighted by Crippen LogP contribution is 2.31. The molecule has 0 aliphatic carbocycles. The van der Waals surface area contributed by atoms with Crippen molar-refractivity contribution in [3.8, 4) is 5.75 Å². The van der Waals surface area contributed by atoms with Crippen LogP contribution in [0.1, 0.15) is 18.9 Å². The van der Waals surface area contributed by atoms with E-state index in [1.807, 2.05) is 31.2 Å². The molecule has 1 aromatic carbocycles. The van der Waals surface area contributed by atoms with Crippen molar-refractivity contribution in [2.24, 2.45) is 0 Å². The molecule has 0 aromatic heterocycles. The molecule has 1 rings (SSSR count). The van der Waals surface area contributed by atoms with E-state index in [0.29, 0.717) is 12.3 Å². The van der Waals surface area contributed by atoms with E-state index in [-0.39, 0.29) is 5.54 Å². The van der Waals surface area contributed by atoms with E-state index in [2.05, 4.69) is 18.5 Å². The van der Waals surface area contributed by atoms with Gasteiger partial charge in [0.2, 0.25) is 0 Å². The largest absolute Gasteiger partial charge is 0.508 e. The second-order valence-corrected chi connectivity index (χ2v) is 4.01. The summed E-state index contributed by atoms with van der Waals surface area (Å²) < 4.78 is 0. The molecular weight excluding hydrogens is 198 g/mol. The van der Waals surface area contributed by atoms with Gasteiger partial charge in [0.1, 0.15) is 5.75 Å². The molecule has 0 saturated carbocycles. The quantitative estimate of drug-likeness (QED) is 0.718. The second-order valence-electron chi connectivity index (χ2n) is 4.01. The second kappa shape index (κ2) is 5.52. The molecule has 0 amide bonds. The normalized spacial score (nSPS) is 14.1. The zero-order chi connectivity index (χ0) is 12.0. The summed E-state index contributed by atoms with van der Waals surface area (Å²) in [7, 11) is 0. The Labute approximate surface area is 97.3 Å². The van der Waals surface area contributed by atoms with Crippen LogP contribution in [0.3, 0.4) is 0 Å². The van der Waals surface area contributed by atoms with Crippen molar-refractivity contribution in [2.75, 3.05) is 6.54 Å². The molecule has 2 heteroatoms. The van der Waals surface area contributed by atoms with Gasteiger partial charge in [-0.05, 0) is 19.4 Å². The minimum absolute atomic E-state index is 0.304. The van der Waals surface area contributed by atoms with Crippen LogP contribution < -0.4 is 5.32 Å². The van der Waals surface area contributed by atoms with Crippen molar-refractivity contribution >= 4 is 0 Å². The van der Waals surface area contributed by atoms with Gasteiger partial charge >= 0.3 is 0 Å². The third-order valence-corrected chi connectivity index (χ3v) is 2.69. The summed E-state index contributed by atoms with van der Waals surface area (Å²) in [5.74, 6) is 0.309. The van der Waals surface area contributed by atoms with Gasteiger partial charge in [0.25, 0.3) is 0 Å². The zero-order valence-corrected chi connectivity index (χ0v) is 9.74. The molecule has 2 N–H and O–H groups in total. The molecule has 0 bridgehead atoms. The van der Waals surface area contributed by atoms with Crippen LogP contribution in [0.4, 0.5) is 0 Å². The van der Waals surface area contributed by atoms with Crippen LogP contribution in [0.5, 0.6) is 5.75 Å². The Bertz CT molecular complexity index is 373. The molecule has 1 aromatic rings. The van der Waals surface area contributed by atoms with Crippen LogP contribution in [-0.2, 0) is 5.54 Å². The molecule has 86 valence electrons. The van der Waals surface area contributed by atoms with Gasteiger partial charge in [-0.1, -0.05) is 30.4 Å². The summed E-state index contributed by atoms with van der Waals surface area (Å²) in [5, 5.41) is 13.2. The first-order valence-corrected chi connectivity index (χ1v) is 5.39. The molecule has 0 unspecified atom stereocenters. The summed E-state index contributed by atoms with van der Waals surface area (Å²) in [4.78, 5) is 0. The predicted octanol–water partition coefficient (Wildman–Crippen LogP) is 2.96. The molecule has 0 saturated heterocycles. The summed E-state index contributed by atoms with van der Waals surface area (Å²) in [6.07, 6.45) is 4.41. The van der Waals surface area contributed by atoms with Crippen LogP contribution >= 0.6 is 0 Å². The highest BCUT2D eigenvalue weighted by Gasteiger charge is 2.26. The Balaban J connectivity index is 3.04. The van der Waals surface area contributed by atoms with Gasteiger partial charge < -0.3 is 10.4 Å². The highest BCUT2D eigenvalue weighted by molar-refractivity contribution is 5.38. The number of hydrogen-bond acceptors (Lipinski definition) is 2. The van der Waals surface area contributed by atoms with Gasteiger partial charge in [-0.2, -0.15) is 0 Å². The monoisotopic (exact) mass is 217 g/mol. The Kier molecular flexibility index (Phi) is 4.32. The van der Waals surface area contributed by atoms with E-state index in [4.69, 9.17) is 0 Å². The number of rotatable bonds is 6. The predicted molar refractivity (Wildman–Crippen MR) is 68.5 cm³/mol. The standard InChI is InChI=1S/C14H19NO/c1-4-10-14(3,15-11-5-2)12-8-6-7-9-13(12)16/h4-9,15-16H,1-2,10-11H2,3H3/t14-/m0/s1. The van der Waals surface area contributed by atoms with E-state index in [9.17, 15) is 5.11 Å². The van der Waals surface area contributed by atoms with Crippen molar-refractivity contribution in [2.45, 2.75) is 18.9 Å². The SMILES string of the molecule is C=CCN[C@@](C)(CC=C)c1ccccc1O. The van der Waals surface area contributed by atoms with Crippen LogP contribution in [0.2, 0.25) is 0 Å². The van der Waals surface area contributed by atoms with E-state index in [1.165, 1.54) is 0 Å². The minimum Gasteiger partial charge on any atom is -0.508 e. The summed E-state index contributed by atoms with van der Waals surface area (Å²) in [6, 6.07) is 7.37. The molecule has 0 spiro atoms. The number of phenolic OH excluding ortho intramolecular Hbond substituents is 1. The van der Waals surface area contributed by atoms with E-state index >= 15 is 0 Å². The Hall–Kier alpha value is -1.54. The molecule has 2 nitrogen and oxygen atoms in total. The lowest BCUT2D eigenvalue weighted by atomic mass is 9.88. The maximum absolute atomic E-state index is 9.87. The van der Waals surface area contributed by atoms with Gasteiger partial charge in [-0.3, -0.25) is 0 Å². The molecular formula is C14H19NO. The average Bonchev–Trinajstić information content (AvgIpc) is 2.27. The van der Waals surface area contributed by atoms with Gasteiger partial charge in [0.15, 0.2) is 0 Å². The van der Waals surface area contributed by atoms with E-state index in [0.717, 1.165) is 12.0 Å². The summed E-state index contributed by atoms with van der Waals surface area (Å²) in [5.41, 5.74) is 0.582.